The van der Waals surface area contributed by atoms with Crippen LogP contribution in [0.25, 0.3) is 33.5 Å². The lowest BCUT2D eigenvalue weighted by atomic mass is 10.2. The lowest BCUT2D eigenvalue weighted by Crippen LogP contribution is -2.20. The largest absolute Gasteiger partial charge is 0.496 e. The second-order valence-corrected chi connectivity index (χ2v) is 9.89. The predicted molar refractivity (Wildman–Crippen MR) is 162 cm³/mol. The number of hydrogen-bond donors (Lipinski definition) is 0. The summed E-state index contributed by atoms with van der Waals surface area (Å²) in [6.45, 7) is 0. The van der Waals surface area contributed by atoms with Crippen molar-refractivity contribution in [3.05, 3.63) is 109 Å². The molecule has 0 aliphatic rings. The summed E-state index contributed by atoms with van der Waals surface area (Å²) in [5.74, 6) is 1.92. The van der Waals surface area contributed by atoms with Crippen molar-refractivity contribution in [2.45, 2.75) is 0 Å². The maximum Gasteiger partial charge on any atom is 0.287 e. The molecule has 3 heterocycles. The highest BCUT2D eigenvalue weighted by molar-refractivity contribution is 9.10. The highest BCUT2D eigenvalue weighted by Gasteiger charge is 2.18. The Labute approximate surface area is 251 Å². The van der Waals surface area contributed by atoms with Gasteiger partial charge in [0.15, 0.2) is 17.3 Å². The SMILES string of the molecule is COc1cc(C=Nn2c(-c3cc4c(OC)cccc4o3)nc3ccccc3c2=O)c(Br)cc1Oc1ccc([N+](=O)[O-])cn1. The van der Waals surface area contributed by atoms with Crippen molar-refractivity contribution >= 4 is 49.7 Å². The average molecular weight is 642 g/mol. The van der Waals surface area contributed by atoms with Gasteiger partial charge in [0.2, 0.25) is 11.7 Å². The van der Waals surface area contributed by atoms with Gasteiger partial charge in [-0.2, -0.15) is 9.78 Å². The first-order valence-electron chi connectivity index (χ1n) is 12.6. The summed E-state index contributed by atoms with van der Waals surface area (Å²) in [6.07, 6.45) is 2.58. The minimum absolute atomic E-state index is 0.137. The van der Waals surface area contributed by atoms with Crippen LogP contribution >= 0.6 is 15.9 Å². The third-order valence-electron chi connectivity index (χ3n) is 6.46. The lowest BCUT2D eigenvalue weighted by Gasteiger charge is -2.12. The quantitative estimate of drug-likeness (QED) is 0.102. The summed E-state index contributed by atoms with van der Waals surface area (Å²) in [5, 5.41) is 16.5. The molecule has 12 nitrogen and oxygen atoms in total. The fourth-order valence-corrected chi connectivity index (χ4v) is 4.80. The smallest absolute Gasteiger partial charge is 0.287 e. The molecule has 3 aromatic heterocycles. The third kappa shape index (κ3) is 5.28. The number of furan rings is 1. The number of nitro groups is 1. The van der Waals surface area contributed by atoms with Gasteiger partial charge in [-0.3, -0.25) is 14.9 Å². The molecule has 3 aromatic carbocycles. The molecular formula is C30H20BrN5O7. The molecule has 13 heteroatoms. The van der Waals surface area contributed by atoms with Crippen LogP contribution in [-0.2, 0) is 0 Å². The molecule has 43 heavy (non-hydrogen) atoms. The molecule has 0 atom stereocenters. The van der Waals surface area contributed by atoms with Crippen LogP contribution in [0.4, 0.5) is 5.69 Å². The van der Waals surface area contributed by atoms with Crippen molar-refractivity contribution in [2.24, 2.45) is 5.10 Å². The molecule has 0 bridgehead atoms. The van der Waals surface area contributed by atoms with E-state index in [1.807, 2.05) is 12.1 Å². The minimum atomic E-state index is -0.547. The van der Waals surface area contributed by atoms with E-state index in [0.717, 1.165) is 11.6 Å². The van der Waals surface area contributed by atoms with E-state index in [0.29, 0.717) is 49.5 Å². The van der Waals surface area contributed by atoms with E-state index in [9.17, 15) is 14.9 Å². The van der Waals surface area contributed by atoms with E-state index in [1.165, 1.54) is 30.1 Å². The van der Waals surface area contributed by atoms with Gasteiger partial charge in [0, 0.05) is 22.2 Å². The van der Waals surface area contributed by atoms with Gasteiger partial charge in [0.05, 0.1) is 41.6 Å². The minimum Gasteiger partial charge on any atom is -0.496 e. The Balaban J connectivity index is 1.42. The fraction of sp³-hybridized carbons (Fsp3) is 0.0667. The molecule has 0 saturated carbocycles. The molecule has 0 radical (unpaired) electrons. The van der Waals surface area contributed by atoms with E-state index < -0.39 is 10.5 Å². The van der Waals surface area contributed by atoms with Crippen LogP contribution in [0, 0.1) is 10.1 Å². The molecule has 214 valence electrons. The Morgan fingerprint density at radius 3 is 2.53 bits per heavy atom. The van der Waals surface area contributed by atoms with E-state index in [-0.39, 0.29) is 17.4 Å². The van der Waals surface area contributed by atoms with Gasteiger partial charge in [-0.05, 0) is 58.4 Å². The number of aromatic nitrogens is 3. The first-order chi connectivity index (χ1) is 20.9. The summed E-state index contributed by atoms with van der Waals surface area (Å²) >= 11 is 3.52. The maximum atomic E-state index is 13.7. The molecule has 0 aliphatic carbocycles. The zero-order valence-electron chi connectivity index (χ0n) is 22.6. The van der Waals surface area contributed by atoms with E-state index in [2.05, 4.69) is 26.0 Å². The van der Waals surface area contributed by atoms with Crippen molar-refractivity contribution in [3.63, 3.8) is 0 Å². The first-order valence-corrected chi connectivity index (χ1v) is 13.4. The molecule has 0 fully saturated rings. The summed E-state index contributed by atoms with van der Waals surface area (Å²) in [6, 6.07) is 20.1. The number of fused-ring (bicyclic) bond motifs is 2. The van der Waals surface area contributed by atoms with E-state index >= 15 is 0 Å². The van der Waals surface area contributed by atoms with Crippen LogP contribution in [0.2, 0.25) is 0 Å². The van der Waals surface area contributed by atoms with Gasteiger partial charge < -0.3 is 18.6 Å². The Hall–Kier alpha value is -5.56. The number of benzene rings is 3. The van der Waals surface area contributed by atoms with Crippen molar-refractivity contribution in [2.75, 3.05) is 14.2 Å². The van der Waals surface area contributed by atoms with Crippen molar-refractivity contribution < 1.29 is 23.6 Å². The number of para-hydroxylation sites is 1. The van der Waals surface area contributed by atoms with Gasteiger partial charge in [-0.15, -0.1) is 0 Å². The molecule has 6 aromatic rings. The molecule has 0 N–H and O–H groups in total. The number of hydrogen-bond acceptors (Lipinski definition) is 10. The number of rotatable bonds is 8. The van der Waals surface area contributed by atoms with Crippen LogP contribution in [0.3, 0.4) is 0 Å². The van der Waals surface area contributed by atoms with Crippen LogP contribution in [0.1, 0.15) is 5.56 Å². The van der Waals surface area contributed by atoms with Crippen molar-refractivity contribution in [3.8, 4) is 34.7 Å². The normalized spacial score (nSPS) is 11.3. The molecule has 0 spiro atoms. The van der Waals surface area contributed by atoms with Gasteiger partial charge in [0.25, 0.3) is 11.2 Å². The highest BCUT2D eigenvalue weighted by Crippen LogP contribution is 2.36. The molecule has 6 rings (SSSR count). The van der Waals surface area contributed by atoms with Gasteiger partial charge in [-0.25, -0.2) is 9.97 Å². The Kier molecular flexibility index (Phi) is 7.30. The summed E-state index contributed by atoms with van der Waals surface area (Å²) in [7, 11) is 3.03. The van der Waals surface area contributed by atoms with E-state index in [1.54, 1.807) is 55.6 Å². The number of methoxy groups -OCH3 is 2. The summed E-state index contributed by atoms with van der Waals surface area (Å²) < 4.78 is 24.6. The number of ether oxygens (including phenoxy) is 3. The van der Waals surface area contributed by atoms with Crippen LogP contribution in [0.5, 0.6) is 23.1 Å². The van der Waals surface area contributed by atoms with Crippen molar-refractivity contribution in [1.29, 1.82) is 0 Å². The predicted octanol–water partition coefficient (Wildman–Crippen LogP) is 6.57. The summed E-state index contributed by atoms with van der Waals surface area (Å²) in [5.41, 5.74) is 1.06. The van der Waals surface area contributed by atoms with Gasteiger partial charge >= 0.3 is 0 Å². The zero-order chi connectivity index (χ0) is 30.1. The standard InChI is InChI=1S/C30H20BrN5O7/c1-40-23-8-5-9-24-20(23)13-27(42-24)29-34-22-7-4-3-6-19(22)30(37)35(29)33-15-17-12-25(41-2)26(14-21(17)31)43-28-11-10-18(16-32-28)36(38)39/h3-16H,1-2H3. The Morgan fingerprint density at radius 1 is 0.977 bits per heavy atom. The second kappa shape index (κ2) is 11.4. The van der Waals surface area contributed by atoms with Crippen LogP contribution in [-0.4, -0.2) is 40.0 Å². The van der Waals surface area contributed by atoms with Crippen LogP contribution in [0.15, 0.2) is 97.8 Å². The monoisotopic (exact) mass is 641 g/mol. The third-order valence-corrected chi connectivity index (χ3v) is 7.14. The van der Waals surface area contributed by atoms with Gasteiger partial charge in [0.1, 0.15) is 17.5 Å². The topological polar surface area (TPSA) is 144 Å². The fourth-order valence-electron chi connectivity index (χ4n) is 4.38. The zero-order valence-corrected chi connectivity index (χ0v) is 24.1. The molecule has 0 amide bonds. The highest BCUT2D eigenvalue weighted by atomic mass is 79.9. The summed E-state index contributed by atoms with van der Waals surface area (Å²) in [4.78, 5) is 32.7. The molecule has 0 saturated heterocycles. The lowest BCUT2D eigenvalue weighted by molar-refractivity contribution is -0.385. The number of nitrogens with zero attached hydrogens (tertiary/aromatic N) is 5. The molecule has 0 aliphatic heterocycles. The second-order valence-electron chi connectivity index (χ2n) is 9.04. The van der Waals surface area contributed by atoms with E-state index in [4.69, 9.17) is 23.6 Å². The number of halogens is 1. The Bertz CT molecular complexity index is 2110. The number of pyridine rings is 1. The molecule has 0 unspecified atom stereocenters. The molecular weight excluding hydrogens is 622 g/mol. The van der Waals surface area contributed by atoms with Crippen molar-refractivity contribution in [1.82, 2.24) is 14.6 Å². The van der Waals surface area contributed by atoms with Gasteiger partial charge in [-0.1, -0.05) is 18.2 Å². The maximum absolute atomic E-state index is 13.7. The first kappa shape index (κ1) is 27.6. The Morgan fingerprint density at radius 2 is 1.79 bits per heavy atom. The average Bonchev–Trinajstić information content (AvgIpc) is 3.46. The van der Waals surface area contributed by atoms with Crippen LogP contribution < -0.4 is 19.8 Å².